The summed E-state index contributed by atoms with van der Waals surface area (Å²) in [5.74, 6) is 0.701. The fourth-order valence-corrected chi connectivity index (χ4v) is 2.16. The summed E-state index contributed by atoms with van der Waals surface area (Å²) in [6, 6.07) is 4.23. The predicted molar refractivity (Wildman–Crippen MR) is 65.7 cm³/mol. The Balaban J connectivity index is 1.80. The van der Waals surface area contributed by atoms with Crippen LogP contribution in [0, 0.1) is 0 Å². The van der Waals surface area contributed by atoms with Crippen LogP contribution in [0.1, 0.15) is 18.7 Å². The quantitative estimate of drug-likeness (QED) is 0.877. The smallest absolute Gasteiger partial charge is 0.261 e. The van der Waals surface area contributed by atoms with Crippen LogP contribution < -0.4 is 0 Å². The lowest BCUT2D eigenvalue weighted by Gasteiger charge is -2.04. The zero-order valence-corrected chi connectivity index (χ0v) is 10.2. The van der Waals surface area contributed by atoms with Crippen molar-refractivity contribution in [3.05, 3.63) is 24.0 Å². The van der Waals surface area contributed by atoms with Gasteiger partial charge in [0.15, 0.2) is 5.82 Å². The van der Waals surface area contributed by atoms with Crippen LogP contribution in [0.2, 0.25) is 0 Å². The highest BCUT2D eigenvalue weighted by atomic mass is 16.5. The summed E-state index contributed by atoms with van der Waals surface area (Å²) >= 11 is 0. The standard InChI is InChI=1S/C13H14N2O4/c16-8-3-4-10(11(17)6-8)13-14-12(15-19-13)7-9-2-1-5-18-9/h3-4,6,9,16-17H,1-2,5,7H2. The minimum absolute atomic E-state index is 0.0136. The minimum Gasteiger partial charge on any atom is -0.508 e. The summed E-state index contributed by atoms with van der Waals surface area (Å²) in [5.41, 5.74) is 0.406. The first kappa shape index (κ1) is 12.0. The number of aromatic hydroxyl groups is 2. The van der Waals surface area contributed by atoms with E-state index in [0.29, 0.717) is 17.8 Å². The van der Waals surface area contributed by atoms with E-state index in [1.165, 1.54) is 18.2 Å². The Labute approximate surface area is 109 Å². The summed E-state index contributed by atoms with van der Waals surface area (Å²) in [7, 11) is 0. The molecule has 1 saturated heterocycles. The van der Waals surface area contributed by atoms with E-state index in [1.54, 1.807) is 0 Å². The molecular formula is C13H14N2O4. The first-order valence-electron chi connectivity index (χ1n) is 6.19. The monoisotopic (exact) mass is 262 g/mol. The van der Waals surface area contributed by atoms with E-state index in [9.17, 15) is 10.2 Å². The van der Waals surface area contributed by atoms with E-state index in [1.807, 2.05) is 0 Å². The normalized spacial score (nSPS) is 18.8. The number of phenols is 2. The molecule has 2 aromatic rings. The van der Waals surface area contributed by atoms with Gasteiger partial charge in [-0.25, -0.2) is 0 Å². The molecule has 6 heteroatoms. The Morgan fingerprint density at radius 2 is 2.21 bits per heavy atom. The molecule has 0 bridgehead atoms. The summed E-state index contributed by atoms with van der Waals surface area (Å²) in [4.78, 5) is 4.24. The molecule has 0 spiro atoms. The number of aromatic nitrogens is 2. The number of ether oxygens (including phenoxy) is 1. The van der Waals surface area contributed by atoms with Crippen molar-refractivity contribution in [3.63, 3.8) is 0 Å². The number of hydrogen-bond acceptors (Lipinski definition) is 6. The van der Waals surface area contributed by atoms with Crippen molar-refractivity contribution in [2.24, 2.45) is 0 Å². The highest BCUT2D eigenvalue weighted by molar-refractivity contribution is 5.63. The van der Waals surface area contributed by atoms with Gasteiger partial charge in [-0.05, 0) is 25.0 Å². The van der Waals surface area contributed by atoms with Crippen LogP contribution in [-0.2, 0) is 11.2 Å². The molecule has 1 aliphatic heterocycles. The summed E-state index contributed by atoms with van der Waals surface area (Å²) in [6.07, 6.45) is 2.84. The number of rotatable bonds is 3. The van der Waals surface area contributed by atoms with Gasteiger partial charge in [-0.2, -0.15) is 4.98 Å². The van der Waals surface area contributed by atoms with Crippen molar-refractivity contribution < 1.29 is 19.5 Å². The van der Waals surface area contributed by atoms with Gasteiger partial charge in [-0.15, -0.1) is 0 Å². The molecule has 0 aliphatic carbocycles. The molecule has 1 atom stereocenters. The van der Waals surface area contributed by atoms with E-state index in [0.717, 1.165) is 19.4 Å². The van der Waals surface area contributed by atoms with Gasteiger partial charge in [0.05, 0.1) is 11.7 Å². The van der Waals surface area contributed by atoms with Gasteiger partial charge in [-0.1, -0.05) is 5.16 Å². The molecule has 19 heavy (non-hydrogen) atoms. The van der Waals surface area contributed by atoms with E-state index < -0.39 is 0 Å². The molecule has 1 fully saturated rings. The maximum atomic E-state index is 9.73. The Bertz CT molecular complexity index is 576. The topological polar surface area (TPSA) is 88.6 Å². The third-order valence-electron chi connectivity index (χ3n) is 3.11. The first-order chi connectivity index (χ1) is 9.22. The van der Waals surface area contributed by atoms with Gasteiger partial charge in [0, 0.05) is 19.1 Å². The van der Waals surface area contributed by atoms with Crippen molar-refractivity contribution in [2.45, 2.75) is 25.4 Å². The van der Waals surface area contributed by atoms with Crippen molar-refractivity contribution in [3.8, 4) is 23.0 Å². The zero-order chi connectivity index (χ0) is 13.2. The Kier molecular flexibility index (Phi) is 3.08. The van der Waals surface area contributed by atoms with Crippen LogP contribution in [0.5, 0.6) is 11.5 Å². The third kappa shape index (κ3) is 2.53. The van der Waals surface area contributed by atoms with Crippen LogP contribution in [0.25, 0.3) is 11.5 Å². The minimum atomic E-state index is -0.0904. The van der Waals surface area contributed by atoms with Crippen molar-refractivity contribution in [2.75, 3.05) is 6.61 Å². The summed E-state index contributed by atoms with van der Waals surface area (Å²) in [6.45, 7) is 0.786. The second-order valence-corrected chi connectivity index (χ2v) is 4.56. The van der Waals surface area contributed by atoms with E-state index in [-0.39, 0.29) is 23.5 Å². The van der Waals surface area contributed by atoms with Crippen LogP contribution >= 0.6 is 0 Å². The Morgan fingerprint density at radius 1 is 1.32 bits per heavy atom. The van der Waals surface area contributed by atoms with E-state index in [4.69, 9.17) is 9.26 Å². The average molecular weight is 262 g/mol. The summed E-state index contributed by atoms with van der Waals surface area (Å²) < 4.78 is 10.6. The van der Waals surface area contributed by atoms with E-state index in [2.05, 4.69) is 10.1 Å². The van der Waals surface area contributed by atoms with Crippen molar-refractivity contribution in [1.29, 1.82) is 0 Å². The molecule has 3 rings (SSSR count). The maximum absolute atomic E-state index is 9.73. The fourth-order valence-electron chi connectivity index (χ4n) is 2.16. The van der Waals surface area contributed by atoms with E-state index >= 15 is 0 Å². The lowest BCUT2D eigenvalue weighted by atomic mass is 10.1. The Morgan fingerprint density at radius 3 is 2.95 bits per heavy atom. The third-order valence-corrected chi connectivity index (χ3v) is 3.11. The van der Waals surface area contributed by atoms with Gasteiger partial charge in [0.25, 0.3) is 5.89 Å². The summed E-state index contributed by atoms with van der Waals surface area (Å²) in [5, 5.41) is 22.8. The number of hydrogen-bond donors (Lipinski definition) is 2. The van der Waals surface area contributed by atoms with Gasteiger partial charge in [0.2, 0.25) is 0 Å². The number of benzene rings is 1. The molecular weight excluding hydrogens is 248 g/mol. The molecule has 100 valence electrons. The SMILES string of the molecule is Oc1ccc(-c2nc(CC3CCCO3)no2)c(O)c1. The van der Waals surface area contributed by atoms with Gasteiger partial charge in [0.1, 0.15) is 11.5 Å². The molecule has 0 amide bonds. The highest BCUT2D eigenvalue weighted by Crippen LogP contribution is 2.31. The van der Waals surface area contributed by atoms with Gasteiger partial charge in [-0.3, -0.25) is 0 Å². The second-order valence-electron chi connectivity index (χ2n) is 4.56. The predicted octanol–water partition coefficient (Wildman–Crippen LogP) is 1.87. The van der Waals surface area contributed by atoms with Crippen LogP contribution in [0.3, 0.4) is 0 Å². The van der Waals surface area contributed by atoms with Crippen LogP contribution in [0.4, 0.5) is 0 Å². The molecule has 2 heterocycles. The van der Waals surface area contributed by atoms with Crippen molar-refractivity contribution >= 4 is 0 Å². The average Bonchev–Trinajstić information content (AvgIpc) is 3.01. The van der Waals surface area contributed by atoms with Crippen molar-refractivity contribution in [1.82, 2.24) is 10.1 Å². The lowest BCUT2D eigenvalue weighted by Crippen LogP contribution is -2.09. The van der Waals surface area contributed by atoms with Crippen LogP contribution in [0.15, 0.2) is 22.7 Å². The molecule has 0 saturated carbocycles. The van der Waals surface area contributed by atoms with Gasteiger partial charge >= 0.3 is 0 Å². The molecule has 0 radical (unpaired) electrons. The molecule has 1 aliphatic rings. The molecule has 1 unspecified atom stereocenters. The molecule has 2 N–H and O–H groups in total. The van der Waals surface area contributed by atoms with Gasteiger partial charge < -0.3 is 19.5 Å². The molecule has 6 nitrogen and oxygen atoms in total. The van der Waals surface area contributed by atoms with Crippen LogP contribution in [-0.4, -0.2) is 33.1 Å². The second kappa shape index (κ2) is 4.89. The maximum Gasteiger partial charge on any atom is 0.261 e. The number of phenolic OH excluding ortho intramolecular Hbond substituents is 2. The molecule has 1 aromatic carbocycles. The number of nitrogens with zero attached hydrogens (tertiary/aromatic N) is 2. The largest absolute Gasteiger partial charge is 0.508 e. The highest BCUT2D eigenvalue weighted by Gasteiger charge is 2.20. The molecule has 1 aromatic heterocycles. The fraction of sp³-hybridized carbons (Fsp3) is 0.385. The zero-order valence-electron chi connectivity index (χ0n) is 10.2. The lowest BCUT2D eigenvalue weighted by molar-refractivity contribution is 0.109. The Hall–Kier alpha value is -2.08. The first-order valence-corrected chi connectivity index (χ1v) is 6.19.